The predicted octanol–water partition coefficient (Wildman–Crippen LogP) is -0.0990. The van der Waals surface area contributed by atoms with Gasteiger partial charge in [-0.1, -0.05) is 12.1 Å². The van der Waals surface area contributed by atoms with Crippen LogP contribution < -0.4 is 10.2 Å². The number of hydrogen-bond donors (Lipinski definition) is 2. The zero-order chi connectivity index (χ0) is 15.4. The van der Waals surface area contributed by atoms with E-state index in [1.807, 2.05) is 0 Å². The summed E-state index contributed by atoms with van der Waals surface area (Å²) in [7, 11) is 4.46. The van der Waals surface area contributed by atoms with E-state index in [4.69, 9.17) is 4.74 Å². The molecule has 0 spiro atoms. The van der Waals surface area contributed by atoms with Gasteiger partial charge in [0.2, 0.25) is 0 Å². The molecule has 116 valence electrons. The standard InChI is InChI=1S/C15H25BN2O3/c1-17(11-14-5-4-8-18(14)2)10-12-9-13(16(19)20)6-7-15(12)21-3/h6-7,9,14,19-20H,4-5,8,10-11H2,1-3H3. The lowest BCUT2D eigenvalue weighted by Gasteiger charge is -2.26. The van der Waals surface area contributed by atoms with Gasteiger partial charge in [0.15, 0.2) is 0 Å². The van der Waals surface area contributed by atoms with E-state index >= 15 is 0 Å². The van der Waals surface area contributed by atoms with E-state index in [9.17, 15) is 10.0 Å². The summed E-state index contributed by atoms with van der Waals surface area (Å²) in [6, 6.07) is 5.88. The molecule has 5 nitrogen and oxygen atoms in total. The van der Waals surface area contributed by atoms with Crippen LogP contribution in [0, 0.1) is 0 Å². The molecule has 2 rings (SSSR count). The lowest BCUT2D eigenvalue weighted by atomic mass is 9.79. The average molecular weight is 292 g/mol. The van der Waals surface area contributed by atoms with E-state index < -0.39 is 7.12 Å². The molecule has 1 heterocycles. The van der Waals surface area contributed by atoms with Crippen molar-refractivity contribution >= 4 is 12.6 Å². The van der Waals surface area contributed by atoms with Crippen molar-refractivity contribution in [2.75, 3.05) is 34.3 Å². The summed E-state index contributed by atoms with van der Waals surface area (Å²) >= 11 is 0. The summed E-state index contributed by atoms with van der Waals surface area (Å²) in [5.41, 5.74) is 1.48. The highest BCUT2D eigenvalue weighted by atomic mass is 16.5. The van der Waals surface area contributed by atoms with Crippen LogP contribution in [-0.2, 0) is 6.54 Å². The van der Waals surface area contributed by atoms with Gasteiger partial charge in [0.05, 0.1) is 7.11 Å². The Morgan fingerprint density at radius 1 is 1.43 bits per heavy atom. The number of ether oxygens (including phenoxy) is 1. The van der Waals surface area contributed by atoms with Crippen LogP contribution >= 0.6 is 0 Å². The lowest BCUT2D eigenvalue weighted by molar-refractivity contribution is 0.214. The molecule has 21 heavy (non-hydrogen) atoms. The Morgan fingerprint density at radius 3 is 2.76 bits per heavy atom. The van der Waals surface area contributed by atoms with Gasteiger partial charge in [-0.2, -0.15) is 0 Å². The van der Waals surface area contributed by atoms with Gasteiger partial charge in [-0.15, -0.1) is 0 Å². The molecule has 0 aliphatic carbocycles. The summed E-state index contributed by atoms with van der Waals surface area (Å²) in [6.07, 6.45) is 2.51. The van der Waals surface area contributed by atoms with E-state index in [2.05, 4.69) is 23.9 Å². The second-order valence-electron chi connectivity index (χ2n) is 5.92. The van der Waals surface area contributed by atoms with Gasteiger partial charge in [-0.25, -0.2) is 0 Å². The first kappa shape index (κ1) is 16.3. The Kier molecular flexibility index (Phi) is 5.64. The van der Waals surface area contributed by atoms with Crippen LogP contribution in [0.15, 0.2) is 18.2 Å². The maximum absolute atomic E-state index is 9.30. The van der Waals surface area contributed by atoms with Gasteiger partial charge in [0.25, 0.3) is 0 Å². The van der Waals surface area contributed by atoms with E-state index in [0.29, 0.717) is 11.5 Å². The van der Waals surface area contributed by atoms with Crippen molar-refractivity contribution in [2.45, 2.75) is 25.4 Å². The fourth-order valence-corrected chi connectivity index (χ4v) is 3.01. The van der Waals surface area contributed by atoms with E-state index in [0.717, 1.165) is 24.4 Å². The fourth-order valence-electron chi connectivity index (χ4n) is 3.01. The van der Waals surface area contributed by atoms with Crippen molar-refractivity contribution in [3.05, 3.63) is 23.8 Å². The molecule has 0 saturated carbocycles. The lowest BCUT2D eigenvalue weighted by Crippen LogP contribution is -2.36. The molecule has 1 aromatic rings. The molecule has 6 heteroatoms. The first-order valence-corrected chi connectivity index (χ1v) is 7.43. The second-order valence-corrected chi connectivity index (χ2v) is 5.92. The van der Waals surface area contributed by atoms with Crippen LogP contribution in [0.3, 0.4) is 0 Å². The highest BCUT2D eigenvalue weighted by Gasteiger charge is 2.22. The smallest absolute Gasteiger partial charge is 0.488 e. The quantitative estimate of drug-likeness (QED) is 0.717. The van der Waals surface area contributed by atoms with Gasteiger partial charge < -0.3 is 24.6 Å². The first-order valence-electron chi connectivity index (χ1n) is 7.43. The molecular formula is C15H25BN2O3. The van der Waals surface area contributed by atoms with Crippen LogP contribution in [0.2, 0.25) is 0 Å². The number of likely N-dealkylation sites (N-methyl/N-ethyl adjacent to an activating group) is 2. The summed E-state index contributed by atoms with van der Waals surface area (Å²) < 4.78 is 5.37. The predicted molar refractivity (Wildman–Crippen MR) is 84.8 cm³/mol. The Balaban J connectivity index is 2.04. The third-order valence-corrected chi connectivity index (χ3v) is 4.24. The highest BCUT2D eigenvalue weighted by molar-refractivity contribution is 6.58. The number of methoxy groups -OCH3 is 1. The van der Waals surface area contributed by atoms with Crippen molar-refractivity contribution in [3.63, 3.8) is 0 Å². The summed E-state index contributed by atoms with van der Waals surface area (Å²) in [5.74, 6) is 0.783. The van der Waals surface area contributed by atoms with Crippen LogP contribution in [0.5, 0.6) is 5.75 Å². The second kappa shape index (κ2) is 7.27. The Hall–Kier alpha value is -1.08. The van der Waals surface area contributed by atoms with Crippen molar-refractivity contribution in [1.29, 1.82) is 0 Å². The minimum atomic E-state index is -1.44. The number of nitrogens with zero attached hydrogens (tertiary/aromatic N) is 2. The zero-order valence-electron chi connectivity index (χ0n) is 13.1. The van der Waals surface area contributed by atoms with Crippen LogP contribution in [0.1, 0.15) is 18.4 Å². The number of benzene rings is 1. The van der Waals surface area contributed by atoms with Crippen molar-refractivity contribution in [2.24, 2.45) is 0 Å². The molecule has 2 N–H and O–H groups in total. The minimum Gasteiger partial charge on any atom is -0.496 e. The molecule has 1 aliphatic rings. The molecule has 1 aliphatic heterocycles. The number of likely N-dealkylation sites (tertiary alicyclic amines) is 1. The normalized spacial score (nSPS) is 19.2. The summed E-state index contributed by atoms with van der Waals surface area (Å²) in [6.45, 7) is 2.91. The summed E-state index contributed by atoms with van der Waals surface area (Å²) in [4.78, 5) is 4.67. The molecule has 1 atom stereocenters. The van der Waals surface area contributed by atoms with E-state index in [-0.39, 0.29) is 0 Å². The van der Waals surface area contributed by atoms with Gasteiger partial charge in [-0.05, 0) is 45.0 Å². The average Bonchev–Trinajstić information content (AvgIpc) is 2.84. The molecule has 0 bridgehead atoms. The van der Waals surface area contributed by atoms with Gasteiger partial charge >= 0.3 is 7.12 Å². The maximum Gasteiger partial charge on any atom is 0.488 e. The Labute approximate surface area is 127 Å². The van der Waals surface area contributed by atoms with Crippen LogP contribution in [0.4, 0.5) is 0 Å². The third kappa shape index (κ3) is 4.20. The van der Waals surface area contributed by atoms with Crippen molar-refractivity contribution < 1.29 is 14.8 Å². The number of hydrogen-bond acceptors (Lipinski definition) is 5. The largest absolute Gasteiger partial charge is 0.496 e. The zero-order valence-corrected chi connectivity index (χ0v) is 13.1. The van der Waals surface area contributed by atoms with Gasteiger partial charge in [-0.3, -0.25) is 0 Å². The topological polar surface area (TPSA) is 56.2 Å². The minimum absolute atomic E-state index is 0.497. The molecule has 0 amide bonds. The number of rotatable bonds is 6. The van der Waals surface area contributed by atoms with Crippen molar-refractivity contribution in [3.8, 4) is 5.75 Å². The molecule has 1 unspecified atom stereocenters. The molecule has 0 radical (unpaired) electrons. The van der Waals surface area contributed by atoms with Crippen LogP contribution in [-0.4, -0.2) is 67.3 Å². The SMILES string of the molecule is COc1ccc(B(O)O)cc1CN(C)CC1CCCN1C. The molecular weight excluding hydrogens is 267 g/mol. The molecule has 1 aromatic carbocycles. The van der Waals surface area contributed by atoms with Gasteiger partial charge in [0.1, 0.15) is 5.75 Å². The Morgan fingerprint density at radius 2 is 2.19 bits per heavy atom. The maximum atomic E-state index is 9.30. The van der Waals surface area contributed by atoms with E-state index in [1.165, 1.54) is 19.4 Å². The van der Waals surface area contributed by atoms with Crippen LogP contribution in [0.25, 0.3) is 0 Å². The van der Waals surface area contributed by atoms with Crippen molar-refractivity contribution in [1.82, 2.24) is 9.80 Å². The van der Waals surface area contributed by atoms with E-state index in [1.54, 1.807) is 25.3 Å². The monoisotopic (exact) mass is 292 g/mol. The van der Waals surface area contributed by atoms with Gasteiger partial charge in [0, 0.05) is 24.7 Å². The highest BCUT2D eigenvalue weighted by Crippen LogP contribution is 2.20. The summed E-state index contributed by atoms with van der Waals surface area (Å²) in [5, 5.41) is 18.6. The fraction of sp³-hybridized carbons (Fsp3) is 0.600. The molecule has 1 fully saturated rings. The Bertz CT molecular complexity index is 470. The molecule has 0 aromatic heterocycles. The first-order chi connectivity index (χ1) is 10.0. The third-order valence-electron chi connectivity index (χ3n) is 4.24. The molecule has 1 saturated heterocycles.